The van der Waals surface area contributed by atoms with E-state index in [0.29, 0.717) is 35.8 Å². The molecule has 1 heterocycles. The van der Waals surface area contributed by atoms with E-state index in [2.05, 4.69) is 0 Å². The largest absolute Gasteiger partial charge is 0.463 e. The number of rotatable bonds is 5. The fourth-order valence-corrected chi connectivity index (χ4v) is 4.91. The zero-order valence-electron chi connectivity index (χ0n) is 15.7. The summed E-state index contributed by atoms with van der Waals surface area (Å²) in [5.41, 5.74) is 1.40. The van der Waals surface area contributed by atoms with Crippen molar-refractivity contribution in [2.45, 2.75) is 62.6 Å². The molecule has 0 saturated carbocycles. The Morgan fingerprint density at radius 2 is 2.07 bits per heavy atom. The Morgan fingerprint density at radius 1 is 1.37 bits per heavy atom. The van der Waals surface area contributed by atoms with E-state index < -0.39 is 5.79 Å². The number of thioether (sulfide) groups is 1. The van der Waals surface area contributed by atoms with Crippen LogP contribution in [0.2, 0.25) is 5.02 Å². The minimum absolute atomic E-state index is 0.0353. The molecule has 1 aromatic rings. The van der Waals surface area contributed by atoms with Gasteiger partial charge < -0.3 is 14.2 Å². The molecule has 0 bridgehead atoms. The molecule has 7 heteroatoms. The summed E-state index contributed by atoms with van der Waals surface area (Å²) in [7, 11) is 0. The number of esters is 1. The SMILES string of the molecule is CCOC(=O)C1=CC2(CCC1SCc1ccc(F)cc1Cl)O[C@H](C)[C@@H](C)O2. The van der Waals surface area contributed by atoms with Crippen LogP contribution < -0.4 is 0 Å². The fourth-order valence-electron chi connectivity index (χ4n) is 3.33. The van der Waals surface area contributed by atoms with E-state index in [0.717, 1.165) is 5.56 Å². The minimum atomic E-state index is -0.856. The predicted octanol–water partition coefficient (Wildman–Crippen LogP) is 4.88. The highest BCUT2D eigenvalue weighted by atomic mass is 35.5. The smallest absolute Gasteiger partial charge is 0.335 e. The zero-order valence-corrected chi connectivity index (χ0v) is 17.2. The van der Waals surface area contributed by atoms with Gasteiger partial charge in [-0.3, -0.25) is 0 Å². The van der Waals surface area contributed by atoms with Crippen molar-refractivity contribution in [3.05, 3.63) is 46.3 Å². The molecule has 3 atom stereocenters. The Kier molecular flexibility index (Phi) is 6.51. The summed E-state index contributed by atoms with van der Waals surface area (Å²) in [6.07, 6.45) is 3.10. The molecule has 2 aliphatic rings. The third-order valence-corrected chi connectivity index (χ3v) is 6.60. The summed E-state index contributed by atoms with van der Waals surface area (Å²) in [4.78, 5) is 12.5. The summed E-state index contributed by atoms with van der Waals surface area (Å²) in [5, 5.41) is 0.329. The molecule has 27 heavy (non-hydrogen) atoms. The van der Waals surface area contributed by atoms with E-state index in [1.54, 1.807) is 30.8 Å². The van der Waals surface area contributed by atoms with Gasteiger partial charge in [0.15, 0.2) is 5.79 Å². The van der Waals surface area contributed by atoms with Gasteiger partial charge in [-0.05, 0) is 51.0 Å². The highest BCUT2D eigenvalue weighted by Crippen LogP contribution is 2.43. The second kappa shape index (κ2) is 8.52. The van der Waals surface area contributed by atoms with Crippen LogP contribution in [0.25, 0.3) is 0 Å². The summed E-state index contributed by atoms with van der Waals surface area (Å²) in [6, 6.07) is 4.37. The summed E-state index contributed by atoms with van der Waals surface area (Å²) >= 11 is 7.72. The number of hydrogen-bond donors (Lipinski definition) is 0. The van der Waals surface area contributed by atoms with Gasteiger partial charge in [-0.25, -0.2) is 9.18 Å². The van der Waals surface area contributed by atoms with Gasteiger partial charge in [-0.2, -0.15) is 0 Å². The molecule has 1 saturated heterocycles. The lowest BCUT2D eigenvalue weighted by Crippen LogP contribution is -2.37. The molecule has 3 rings (SSSR count). The first-order chi connectivity index (χ1) is 12.8. The lowest BCUT2D eigenvalue weighted by atomic mass is 9.94. The number of hydrogen-bond acceptors (Lipinski definition) is 5. The van der Waals surface area contributed by atoms with Crippen molar-refractivity contribution in [2.24, 2.45) is 0 Å². The predicted molar refractivity (Wildman–Crippen MR) is 104 cm³/mol. The van der Waals surface area contributed by atoms with E-state index in [-0.39, 0.29) is 29.2 Å². The Labute approximate surface area is 168 Å². The number of benzene rings is 1. The van der Waals surface area contributed by atoms with Crippen LogP contribution in [0.5, 0.6) is 0 Å². The Hall–Kier alpha value is -1.08. The van der Waals surface area contributed by atoms with Gasteiger partial charge in [0.2, 0.25) is 0 Å². The second-order valence-electron chi connectivity index (χ2n) is 6.85. The van der Waals surface area contributed by atoms with Crippen molar-refractivity contribution in [3.8, 4) is 0 Å². The van der Waals surface area contributed by atoms with Crippen LogP contribution in [0.3, 0.4) is 0 Å². The van der Waals surface area contributed by atoms with Crippen LogP contribution in [0.1, 0.15) is 39.2 Å². The van der Waals surface area contributed by atoms with Crippen molar-refractivity contribution in [1.29, 1.82) is 0 Å². The maximum absolute atomic E-state index is 13.2. The van der Waals surface area contributed by atoms with Gasteiger partial charge in [0.05, 0.1) is 24.4 Å². The van der Waals surface area contributed by atoms with Gasteiger partial charge >= 0.3 is 5.97 Å². The first-order valence-electron chi connectivity index (χ1n) is 9.14. The quantitative estimate of drug-likeness (QED) is 0.642. The van der Waals surface area contributed by atoms with E-state index in [1.807, 2.05) is 13.8 Å². The molecule has 148 valence electrons. The van der Waals surface area contributed by atoms with Crippen LogP contribution in [0.4, 0.5) is 4.39 Å². The maximum atomic E-state index is 13.2. The standard InChI is InChI=1S/C20H24ClFO4S/c1-4-24-19(23)16-10-20(25-12(2)13(3)26-20)8-7-18(16)27-11-14-5-6-15(22)9-17(14)21/h5-6,9-10,12-13,18H,4,7-8,11H2,1-3H3/t12-,13-,18?/m1/s1. The molecular weight excluding hydrogens is 391 g/mol. The molecule has 1 fully saturated rings. The normalized spacial score (nSPS) is 26.9. The molecule has 1 aliphatic heterocycles. The summed E-state index contributed by atoms with van der Waals surface area (Å²) in [6.45, 7) is 6.02. The molecule has 0 aromatic heterocycles. The average Bonchev–Trinajstić information content (AvgIpc) is 2.89. The van der Waals surface area contributed by atoms with E-state index in [4.69, 9.17) is 25.8 Å². The average molecular weight is 415 g/mol. The van der Waals surface area contributed by atoms with Gasteiger partial charge in [-0.15, -0.1) is 11.8 Å². The van der Waals surface area contributed by atoms with E-state index >= 15 is 0 Å². The van der Waals surface area contributed by atoms with Gasteiger partial charge in [0.25, 0.3) is 0 Å². The highest BCUT2D eigenvalue weighted by Gasteiger charge is 2.47. The summed E-state index contributed by atoms with van der Waals surface area (Å²) in [5.74, 6) is -0.994. The number of ether oxygens (including phenoxy) is 3. The Bertz CT molecular complexity index is 729. The number of carbonyl (C=O) groups is 1. The van der Waals surface area contributed by atoms with Crippen molar-refractivity contribution in [2.75, 3.05) is 6.61 Å². The van der Waals surface area contributed by atoms with E-state index in [9.17, 15) is 9.18 Å². The number of halogens is 2. The third kappa shape index (κ3) is 4.67. The monoisotopic (exact) mass is 414 g/mol. The lowest BCUT2D eigenvalue weighted by molar-refractivity contribution is -0.149. The Balaban J connectivity index is 1.78. The van der Waals surface area contributed by atoms with Gasteiger partial charge in [-0.1, -0.05) is 17.7 Å². The van der Waals surface area contributed by atoms with Crippen LogP contribution in [0, 0.1) is 5.82 Å². The zero-order chi connectivity index (χ0) is 19.6. The van der Waals surface area contributed by atoms with Crippen molar-refractivity contribution >= 4 is 29.3 Å². The van der Waals surface area contributed by atoms with Crippen molar-refractivity contribution < 1.29 is 23.4 Å². The molecule has 1 spiro atoms. The minimum Gasteiger partial charge on any atom is -0.463 e. The summed E-state index contributed by atoms with van der Waals surface area (Å²) < 4.78 is 30.5. The Morgan fingerprint density at radius 3 is 2.70 bits per heavy atom. The number of carbonyl (C=O) groups excluding carboxylic acids is 1. The fraction of sp³-hybridized carbons (Fsp3) is 0.550. The molecule has 0 N–H and O–H groups in total. The van der Waals surface area contributed by atoms with Crippen LogP contribution in [0.15, 0.2) is 29.8 Å². The van der Waals surface area contributed by atoms with E-state index in [1.165, 1.54) is 12.1 Å². The molecule has 1 aliphatic carbocycles. The molecule has 4 nitrogen and oxygen atoms in total. The van der Waals surface area contributed by atoms with Crippen LogP contribution in [-0.2, 0) is 24.8 Å². The van der Waals surface area contributed by atoms with Gasteiger partial charge in [0.1, 0.15) is 5.82 Å². The van der Waals surface area contributed by atoms with Crippen LogP contribution >= 0.6 is 23.4 Å². The third-order valence-electron chi connectivity index (χ3n) is 4.88. The molecule has 0 amide bonds. The van der Waals surface area contributed by atoms with Crippen molar-refractivity contribution in [1.82, 2.24) is 0 Å². The molecule has 0 radical (unpaired) electrons. The topological polar surface area (TPSA) is 44.8 Å². The van der Waals surface area contributed by atoms with Crippen LogP contribution in [-0.4, -0.2) is 35.8 Å². The lowest BCUT2D eigenvalue weighted by Gasteiger charge is -2.33. The maximum Gasteiger partial charge on any atom is 0.335 e. The van der Waals surface area contributed by atoms with Crippen molar-refractivity contribution in [3.63, 3.8) is 0 Å². The van der Waals surface area contributed by atoms with Gasteiger partial charge in [0, 0.05) is 22.4 Å². The second-order valence-corrected chi connectivity index (χ2v) is 8.45. The highest BCUT2D eigenvalue weighted by molar-refractivity contribution is 7.99. The molecule has 1 aromatic carbocycles. The molecule has 1 unspecified atom stereocenters. The first-order valence-corrected chi connectivity index (χ1v) is 10.6. The first kappa shape index (κ1) is 20.6. The molecular formula is C20H24ClFO4S.